The highest BCUT2D eigenvalue weighted by Gasteiger charge is 2.23. The number of nitrogens with zero attached hydrogens (tertiary/aromatic N) is 2. The number of carbonyl (C=O) groups excluding carboxylic acids is 1. The quantitative estimate of drug-likeness (QED) is 0.723. The molecule has 1 aliphatic heterocycles. The van der Waals surface area contributed by atoms with Crippen LogP contribution < -0.4 is 5.32 Å². The Morgan fingerprint density at radius 2 is 2.40 bits per heavy atom. The van der Waals surface area contributed by atoms with Crippen molar-refractivity contribution < 1.29 is 4.79 Å². The van der Waals surface area contributed by atoms with Crippen LogP contribution >= 0.6 is 11.6 Å². The highest BCUT2D eigenvalue weighted by Crippen LogP contribution is 2.09. The third-order valence-electron chi connectivity index (χ3n) is 2.07. The Labute approximate surface area is 91.6 Å². The number of nitrogens with one attached hydrogen (secondary N) is 2. The van der Waals surface area contributed by atoms with Crippen molar-refractivity contribution in [2.24, 2.45) is 0 Å². The lowest BCUT2D eigenvalue weighted by Crippen LogP contribution is -2.28. The standard InChI is InChI=1S/C9H9ClN4O/c10-7-2-1-6(3-12-7)4-14-5-8(15)13-9(14)11/h1-3H,4-5H2,(H2,11,13,15). The fourth-order valence-corrected chi connectivity index (χ4v) is 1.47. The Kier molecular flexibility index (Phi) is 2.55. The predicted octanol–water partition coefficient (Wildman–Crippen LogP) is 0.602. The number of hydrogen-bond donors (Lipinski definition) is 2. The van der Waals surface area contributed by atoms with Gasteiger partial charge in [0.1, 0.15) is 11.7 Å². The lowest BCUT2D eigenvalue weighted by molar-refractivity contribution is -0.118. The van der Waals surface area contributed by atoms with Crippen molar-refractivity contribution >= 4 is 23.5 Å². The van der Waals surface area contributed by atoms with Crippen LogP contribution in [0.25, 0.3) is 0 Å². The normalized spacial score (nSPS) is 15.7. The molecule has 0 aliphatic carbocycles. The zero-order valence-corrected chi connectivity index (χ0v) is 8.58. The average molecular weight is 225 g/mol. The summed E-state index contributed by atoms with van der Waals surface area (Å²) in [6, 6.07) is 3.51. The van der Waals surface area contributed by atoms with E-state index in [-0.39, 0.29) is 18.4 Å². The molecule has 1 fully saturated rings. The molecule has 1 saturated heterocycles. The van der Waals surface area contributed by atoms with E-state index in [1.807, 2.05) is 6.07 Å². The van der Waals surface area contributed by atoms with Gasteiger partial charge in [-0.1, -0.05) is 17.7 Å². The molecule has 1 aromatic heterocycles. The molecular weight excluding hydrogens is 216 g/mol. The minimum Gasteiger partial charge on any atom is -0.329 e. The summed E-state index contributed by atoms with van der Waals surface area (Å²) in [6.45, 7) is 0.712. The summed E-state index contributed by atoms with van der Waals surface area (Å²) in [5, 5.41) is 10.3. The molecule has 15 heavy (non-hydrogen) atoms. The van der Waals surface area contributed by atoms with Gasteiger partial charge in [0.25, 0.3) is 0 Å². The van der Waals surface area contributed by atoms with Crippen LogP contribution in [-0.2, 0) is 11.3 Å². The Morgan fingerprint density at radius 1 is 1.60 bits per heavy atom. The fourth-order valence-electron chi connectivity index (χ4n) is 1.36. The summed E-state index contributed by atoms with van der Waals surface area (Å²) in [6.07, 6.45) is 1.64. The fraction of sp³-hybridized carbons (Fsp3) is 0.222. The Morgan fingerprint density at radius 3 is 2.93 bits per heavy atom. The van der Waals surface area contributed by atoms with E-state index in [0.717, 1.165) is 5.56 Å². The Bertz CT molecular complexity index is 403. The summed E-state index contributed by atoms with van der Waals surface area (Å²) in [5.41, 5.74) is 0.917. The first-order valence-corrected chi connectivity index (χ1v) is 4.77. The lowest BCUT2D eigenvalue weighted by Gasteiger charge is -2.14. The molecule has 6 heteroatoms. The zero-order valence-electron chi connectivity index (χ0n) is 7.83. The smallest absolute Gasteiger partial charge is 0.246 e. The van der Waals surface area contributed by atoms with E-state index in [0.29, 0.717) is 11.7 Å². The van der Waals surface area contributed by atoms with Crippen molar-refractivity contribution in [1.82, 2.24) is 15.2 Å². The van der Waals surface area contributed by atoms with Gasteiger partial charge in [-0.25, -0.2) is 4.98 Å². The molecule has 2 heterocycles. The summed E-state index contributed by atoms with van der Waals surface area (Å²) in [7, 11) is 0. The molecule has 1 aromatic rings. The van der Waals surface area contributed by atoms with E-state index in [2.05, 4.69) is 10.3 Å². The van der Waals surface area contributed by atoms with E-state index in [1.54, 1.807) is 17.2 Å². The van der Waals surface area contributed by atoms with Gasteiger partial charge in [0.15, 0.2) is 5.96 Å². The number of guanidine groups is 1. The molecular formula is C9H9ClN4O. The van der Waals surface area contributed by atoms with Gasteiger partial charge >= 0.3 is 0 Å². The number of pyridine rings is 1. The number of halogens is 1. The van der Waals surface area contributed by atoms with Gasteiger partial charge in [0.05, 0.1) is 0 Å². The number of aromatic nitrogens is 1. The largest absolute Gasteiger partial charge is 0.329 e. The van der Waals surface area contributed by atoms with Crippen molar-refractivity contribution in [2.75, 3.05) is 6.54 Å². The first kappa shape index (κ1) is 9.92. The second-order valence-corrected chi connectivity index (χ2v) is 3.63. The van der Waals surface area contributed by atoms with Crippen LogP contribution in [0.4, 0.5) is 0 Å². The summed E-state index contributed by atoms with van der Waals surface area (Å²) >= 11 is 5.65. The molecule has 78 valence electrons. The summed E-state index contributed by atoms with van der Waals surface area (Å²) < 4.78 is 0. The molecule has 0 spiro atoms. The van der Waals surface area contributed by atoms with Crippen molar-refractivity contribution in [2.45, 2.75) is 6.54 Å². The van der Waals surface area contributed by atoms with E-state index in [1.165, 1.54) is 0 Å². The first-order chi connectivity index (χ1) is 7.15. The first-order valence-electron chi connectivity index (χ1n) is 4.39. The second-order valence-electron chi connectivity index (χ2n) is 3.24. The van der Waals surface area contributed by atoms with E-state index >= 15 is 0 Å². The third-order valence-corrected chi connectivity index (χ3v) is 2.29. The Hall–Kier alpha value is -1.62. The average Bonchev–Trinajstić information content (AvgIpc) is 2.49. The SMILES string of the molecule is N=C1NC(=O)CN1Cc1ccc(Cl)nc1. The molecule has 2 N–H and O–H groups in total. The van der Waals surface area contributed by atoms with Gasteiger partial charge in [-0.3, -0.25) is 15.5 Å². The van der Waals surface area contributed by atoms with Crippen molar-refractivity contribution in [3.8, 4) is 0 Å². The van der Waals surface area contributed by atoms with Crippen molar-refractivity contribution in [3.05, 3.63) is 29.0 Å². The monoisotopic (exact) mass is 224 g/mol. The number of rotatable bonds is 2. The second kappa shape index (κ2) is 3.86. The van der Waals surface area contributed by atoms with Gasteiger partial charge < -0.3 is 4.90 Å². The third kappa shape index (κ3) is 2.24. The van der Waals surface area contributed by atoms with Crippen molar-refractivity contribution in [1.29, 1.82) is 5.41 Å². The molecule has 0 atom stereocenters. The molecule has 1 amide bonds. The zero-order chi connectivity index (χ0) is 10.8. The molecule has 0 unspecified atom stereocenters. The van der Waals surface area contributed by atoms with Gasteiger partial charge in [-0.15, -0.1) is 0 Å². The van der Waals surface area contributed by atoms with Crippen molar-refractivity contribution in [3.63, 3.8) is 0 Å². The minimum absolute atomic E-state index is 0.134. The van der Waals surface area contributed by atoms with Crippen LogP contribution in [-0.4, -0.2) is 28.3 Å². The maximum absolute atomic E-state index is 11.0. The Balaban J connectivity index is 2.06. The number of carbonyl (C=O) groups is 1. The van der Waals surface area contributed by atoms with Gasteiger partial charge in [0.2, 0.25) is 5.91 Å². The number of hydrogen-bond acceptors (Lipinski definition) is 3. The molecule has 5 nitrogen and oxygen atoms in total. The molecule has 0 aromatic carbocycles. The van der Waals surface area contributed by atoms with Gasteiger partial charge in [0, 0.05) is 12.7 Å². The van der Waals surface area contributed by atoms with Gasteiger partial charge in [-0.05, 0) is 11.6 Å². The van der Waals surface area contributed by atoms with Crippen LogP contribution in [0.3, 0.4) is 0 Å². The van der Waals surface area contributed by atoms with Crippen LogP contribution in [0.2, 0.25) is 5.15 Å². The highest BCUT2D eigenvalue weighted by atomic mass is 35.5. The minimum atomic E-state index is -0.151. The van der Waals surface area contributed by atoms with E-state index in [9.17, 15) is 4.79 Å². The highest BCUT2D eigenvalue weighted by molar-refractivity contribution is 6.29. The number of amides is 1. The predicted molar refractivity (Wildman–Crippen MR) is 55.5 cm³/mol. The summed E-state index contributed by atoms with van der Waals surface area (Å²) in [4.78, 5) is 16.5. The lowest BCUT2D eigenvalue weighted by atomic mass is 10.3. The molecule has 2 rings (SSSR count). The van der Waals surface area contributed by atoms with Crippen LogP contribution in [0.1, 0.15) is 5.56 Å². The molecule has 0 radical (unpaired) electrons. The van der Waals surface area contributed by atoms with Crippen LogP contribution in [0, 0.1) is 5.41 Å². The van der Waals surface area contributed by atoms with Crippen LogP contribution in [0.15, 0.2) is 18.3 Å². The summed E-state index contributed by atoms with van der Waals surface area (Å²) in [5.74, 6) is -0.0168. The molecule has 0 bridgehead atoms. The van der Waals surface area contributed by atoms with Gasteiger partial charge in [-0.2, -0.15) is 0 Å². The molecule has 1 aliphatic rings. The topological polar surface area (TPSA) is 69.1 Å². The molecule has 0 saturated carbocycles. The maximum atomic E-state index is 11.0. The van der Waals surface area contributed by atoms with E-state index in [4.69, 9.17) is 17.0 Å². The van der Waals surface area contributed by atoms with Crippen LogP contribution in [0.5, 0.6) is 0 Å². The van der Waals surface area contributed by atoms with E-state index < -0.39 is 0 Å². The maximum Gasteiger partial charge on any atom is 0.246 e.